The molecule has 90 valence electrons. The normalized spacial score (nSPS) is 10.9. The predicted molar refractivity (Wildman–Crippen MR) is 69.9 cm³/mol. The van der Waals surface area contributed by atoms with Crippen molar-refractivity contribution in [1.82, 2.24) is 20.2 Å². The summed E-state index contributed by atoms with van der Waals surface area (Å²) in [7, 11) is 0. The standard InChI is InChI=1S/C13H13N5/c14-6-5-12-16-13(18-17-12)10-3-4-11-9(8-10)2-1-7-15-11/h1-4,7-8H,5-6,14H2,(H,16,17,18). The zero-order valence-corrected chi connectivity index (χ0v) is 9.80. The number of fused-ring (bicyclic) bond motifs is 1. The molecule has 1 aromatic carbocycles. The van der Waals surface area contributed by atoms with E-state index in [4.69, 9.17) is 5.73 Å². The van der Waals surface area contributed by atoms with Gasteiger partial charge in [0.15, 0.2) is 5.82 Å². The van der Waals surface area contributed by atoms with E-state index in [1.165, 1.54) is 0 Å². The van der Waals surface area contributed by atoms with E-state index in [-0.39, 0.29) is 0 Å². The van der Waals surface area contributed by atoms with Crippen LogP contribution < -0.4 is 5.73 Å². The molecular weight excluding hydrogens is 226 g/mol. The molecule has 0 spiro atoms. The fourth-order valence-corrected chi connectivity index (χ4v) is 1.89. The van der Waals surface area contributed by atoms with Crippen molar-refractivity contribution in [3.8, 4) is 11.4 Å². The van der Waals surface area contributed by atoms with Crippen LogP contribution in [0.25, 0.3) is 22.3 Å². The molecule has 3 aromatic rings. The lowest BCUT2D eigenvalue weighted by molar-refractivity contribution is 0.874. The second-order valence-corrected chi connectivity index (χ2v) is 4.06. The third-order valence-corrected chi connectivity index (χ3v) is 2.77. The Hall–Kier alpha value is -2.27. The van der Waals surface area contributed by atoms with Crippen molar-refractivity contribution in [2.45, 2.75) is 6.42 Å². The van der Waals surface area contributed by atoms with Crippen LogP contribution in [0, 0.1) is 0 Å². The van der Waals surface area contributed by atoms with E-state index in [9.17, 15) is 0 Å². The fraction of sp³-hybridized carbons (Fsp3) is 0.154. The van der Waals surface area contributed by atoms with Gasteiger partial charge in [-0.2, -0.15) is 5.10 Å². The highest BCUT2D eigenvalue weighted by molar-refractivity contribution is 5.82. The molecule has 0 fully saturated rings. The number of aromatic amines is 1. The van der Waals surface area contributed by atoms with Crippen LogP contribution in [0.2, 0.25) is 0 Å². The fourth-order valence-electron chi connectivity index (χ4n) is 1.89. The Morgan fingerprint density at radius 2 is 2.17 bits per heavy atom. The molecule has 3 N–H and O–H groups in total. The Balaban J connectivity index is 2.02. The Morgan fingerprint density at radius 3 is 3.06 bits per heavy atom. The monoisotopic (exact) mass is 239 g/mol. The van der Waals surface area contributed by atoms with Crippen LogP contribution in [0.15, 0.2) is 36.5 Å². The highest BCUT2D eigenvalue weighted by atomic mass is 15.2. The molecule has 0 atom stereocenters. The molecule has 0 aliphatic rings. The summed E-state index contributed by atoms with van der Waals surface area (Å²) in [4.78, 5) is 8.70. The number of nitrogens with zero attached hydrogens (tertiary/aromatic N) is 3. The maximum atomic E-state index is 5.49. The van der Waals surface area contributed by atoms with Crippen molar-refractivity contribution in [3.63, 3.8) is 0 Å². The summed E-state index contributed by atoms with van der Waals surface area (Å²) in [5.41, 5.74) is 7.44. The number of hydrogen-bond acceptors (Lipinski definition) is 4. The molecule has 0 unspecified atom stereocenters. The largest absolute Gasteiger partial charge is 0.330 e. The molecule has 2 aromatic heterocycles. The first-order chi connectivity index (χ1) is 8.86. The van der Waals surface area contributed by atoms with Crippen LogP contribution in [0.1, 0.15) is 5.82 Å². The summed E-state index contributed by atoms with van der Waals surface area (Å²) in [6.07, 6.45) is 2.50. The van der Waals surface area contributed by atoms with Gasteiger partial charge in [0.25, 0.3) is 0 Å². The van der Waals surface area contributed by atoms with Crippen LogP contribution >= 0.6 is 0 Å². The van der Waals surface area contributed by atoms with Gasteiger partial charge in [-0.05, 0) is 30.8 Å². The van der Waals surface area contributed by atoms with E-state index >= 15 is 0 Å². The van der Waals surface area contributed by atoms with Crippen LogP contribution in [0.5, 0.6) is 0 Å². The van der Waals surface area contributed by atoms with E-state index < -0.39 is 0 Å². The third-order valence-electron chi connectivity index (χ3n) is 2.77. The minimum Gasteiger partial charge on any atom is -0.330 e. The molecule has 3 rings (SSSR count). The molecule has 5 heteroatoms. The van der Waals surface area contributed by atoms with Gasteiger partial charge in [-0.15, -0.1) is 0 Å². The van der Waals surface area contributed by atoms with E-state index in [1.807, 2.05) is 30.3 Å². The van der Waals surface area contributed by atoms with Gasteiger partial charge in [0.2, 0.25) is 0 Å². The van der Waals surface area contributed by atoms with E-state index in [0.29, 0.717) is 18.8 Å². The topological polar surface area (TPSA) is 80.5 Å². The summed E-state index contributed by atoms with van der Waals surface area (Å²) < 4.78 is 0. The molecular formula is C13H13N5. The first-order valence-electron chi connectivity index (χ1n) is 5.83. The number of pyridine rings is 1. The number of aromatic nitrogens is 4. The average molecular weight is 239 g/mol. The Bertz CT molecular complexity index is 674. The van der Waals surface area contributed by atoms with Crippen LogP contribution in [-0.4, -0.2) is 26.7 Å². The molecule has 0 amide bonds. The number of H-pyrrole nitrogens is 1. The predicted octanol–water partition coefficient (Wildman–Crippen LogP) is 1.52. The molecule has 0 aliphatic carbocycles. The van der Waals surface area contributed by atoms with Crippen molar-refractivity contribution >= 4 is 10.9 Å². The molecule has 5 nitrogen and oxygen atoms in total. The van der Waals surface area contributed by atoms with Crippen LogP contribution in [-0.2, 0) is 6.42 Å². The van der Waals surface area contributed by atoms with E-state index in [0.717, 1.165) is 22.3 Å². The maximum absolute atomic E-state index is 5.49. The minimum absolute atomic E-state index is 0.566. The van der Waals surface area contributed by atoms with Gasteiger partial charge >= 0.3 is 0 Å². The smallest absolute Gasteiger partial charge is 0.181 e. The quantitative estimate of drug-likeness (QED) is 0.726. The van der Waals surface area contributed by atoms with Gasteiger partial charge in [0, 0.05) is 23.6 Å². The lowest BCUT2D eigenvalue weighted by atomic mass is 10.1. The summed E-state index contributed by atoms with van der Waals surface area (Å²) >= 11 is 0. The van der Waals surface area contributed by atoms with Gasteiger partial charge in [0.05, 0.1) is 5.52 Å². The summed E-state index contributed by atoms with van der Waals surface area (Å²) in [6.45, 7) is 0.566. The van der Waals surface area contributed by atoms with Gasteiger partial charge < -0.3 is 5.73 Å². The Kier molecular flexibility index (Phi) is 2.74. The van der Waals surface area contributed by atoms with Crippen molar-refractivity contribution < 1.29 is 0 Å². The maximum Gasteiger partial charge on any atom is 0.181 e. The van der Waals surface area contributed by atoms with E-state index in [1.54, 1.807) is 6.20 Å². The first-order valence-corrected chi connectivity index (χ1v) is 5.83. The number of nitrogens with two attached hydrogens (primary N) is 1. The summed E-state index contributed by atoms with van der Waals surface area (Å²) in [5.74, 6) is 1.52. The van der Waals surface area contributed by atoms with Gasteiger partial charge in [-0.1, -0.05) is 6.07 Å². The number of hydrogen-bond donors (Lipinski definition) is 2. The minimum atomic E-state index is 0.566. The zero-order chi connectivity index (χ0) is 12.4. The molecule has 0 bridgehead atoms. The second kappa shape index (κ2) is 4.54. The summed E-state index contributed by atoms with van der Waals surface area (Å²) in [6, 6.07) is 9.94. The van der Waals surface area contributed by atoms with Crippen LogP contribution in [0.3, 0.4) is 0 Å². The lowest BCUT2D eigenvalue weighted by Crippen LogP contribution is -2.03. The van der Waals surface area contributed by atoms with Gasteiger partial charge in [-0.25, -0.2) is 4.98 Å². The lowest BCUT2D eigenvalue weighted by Gasteiger charge is -1.98. The van der Waals surface area contributed by atoms with E-state index in [2.05, 4.69) is 20.2 Å². The molecule has 0 saturated heterocycles. The second-order valence-electron chi connectivity index (χ2n) is 4.06. The first kappa shape index (κ1) is 10.9. The average Bonchev–Trinajstić information content (AvgIpc) is 2.87. The van der Waals surface area contributed by atoms with Gasteiger partial charge in [0.1, 0.15) is 5.82 Å². The number of rotatable bonds is 3. The van der Waals surface area contributed by atoms with Crippen molar-refractivity contribution in [3.05, 3.63) is 42.4 Å². The number of benzene rings is 1. The van der Waals surface area contributed by atoms with Crippen molar-refractivity contribution in [2.24, 2.45) is 5.73 Å². The molecule has 18 heavy (non-hydrogen) atoms. The van der Waals surface area contributed by atoms with Crippen LogP contribution in [0.4, 0.5) is 0 Å². The summed E-state index contributed by atoms with van der Waals surface area (Å²) in [5, 5.41) is 8.18. The highest BCUT2D eigenvalue weighted by Gasteiger charge is 2.06. The SMILES string of the molecule is NCCc1nc(-c2ccc3ncccc3c2)n[nH]1. The van der Waals surface area contributed by atoms with Crippen molar-refractivity contribution in [1.29, 1.82) is 0 Å². The Labute approximate surface area is 104 Å². The zero-order valence-electron chi connectivity index (χ0n) is 9.80. The number of nitrogens with one attached hydrogen (secondary N) is 1. The molecule has 0 aliphatic heterocycles. The molecule has 0 saturated carbocycles. The Morgan fingerprint density at radius 1 is 1.22 bits per heavy atom. The molecule has 2 heterocycles. The van der Waals surface area contributed by atoms with Crippen molar-refractivity contribution in [2.75, 3.05) is 6.54 Å². The van der Waals surface area contributed by atoms with Gasteiger partial charge in [-0.3, -0.25) is 10.1 Å². The highest BCUT2D eigenvalue weighted by Crippen LogP contribution is 2.20. The molecule has 0 radical (unpaired) electrons. The third kappa shape index (κ3) is 1.96.